The van der Waals surface area contributed by atoms with Crippen molar-refractivity contribution in [1.82, 2.24) is 24.7 Å². The second-order valence-electron chi connectivity index (χ2n) is 7.33. The maximum Gasteiger partial charge on any atom is 0.227 e. The molecule has 1 aliphatic rings. The molecule has 0 saturated carbocycles. The Labute approximate surface area is 180 Å². The van der Waals surface area contributed by atoms with E-state index in [-0.39, 0.29) is 0 Å². The molecule has 0 radical (unpaired) electrons. The molecule has 156 valence electrons. The summed E-state index contributed by atoms with van der Waals surface area (Å²) in [7, 11) is 0. The van der Waals surface area contributed by atoms with Crippen LogP contribution in [0.2, 0.25) is 0 Å². The summed E-state index contributed by atoms with van der Waals surface area (Å²) >= 11 is 0. The summed E-state index contributed by atoms with van der Waals surface area (Å²) in [4.78, 5) is 15.4. The summed E-state index contributed by atoms with van der Waals surface area (Å²) in [5.41, 5.74) is 5.19. The Balaban J connectivity index is 1.30. The van der Waals surface area contributed by atoms with Gasteiger partial charge in [-0.05, 0) is 42.0 Å². The fourth-order valence-electron chi connectivity index (χ4n) is 3.62. The van der Waals surface area contributed by atoms with Gasteiger partial charge in [-0.3, -0.25) is 0 Å². The van der Waals surface area contributed by atoms with Crippen molar-refractivity contribution in [2.24, 2.45) is 0 Å². The van der Waals surface area contributed by atoms with Gasteiger partial charge in [0.1, 0.15) is 12.7 Å². The van der Waals surface area contributed by atoms with Gasteiger partial charge in [-0.1, -0.05) is 18.2 Å². The van der Waals surface area contributed by atoms with E-state index < -0.39 is 0 Å². The Morgan fingerprint density at radius 2 is 1.87 bits per heavy atom. The molecule has 5 rings (SSSR count). The van der Waals surface area contributed by atoms with Crippen LogP contribution in [0.3, 0.4) is 0 Å². The SMILES string of the molecule is c1cc(Cn2cncn2)cc(-c2ccnc(Nc3ccc(N4CCOCC4)cc3)n2)c1. The number of hydrogen-bond donors (Lipinski definition) is 1. The Morgan fingerprint density at radius 3 is 2.68 bits per heavy atom. The van der Waals surface area contributed by atoms with E-state index in [1.165, 1.54) is 5.69 Å². The molecule has 2 aromatic carbocycles. The molecular formula is C23H23N7O. The Kier molecular flexibility index (Phi) is 5.53. The minimum atomic E-state index is 0.568. The van der Waals surface area contributed by atoms with E-state index in [4.69, 9.17) is 9.72 Å². The van der Waals surface area contributed by atoms with E-state index in [1.54, 1.807) is 23.5 Å². The van der Waals surface area contributed by atoms with Crippen LogP contribution < -0.4 is 10.2 Å². The average Bonchev–Trinajstić information content (AvgIpc) is 3.34. The van der Waals surface area contributed by atoms with Crippen molar-refractivity contribution in [2.45, 2.75) is 6.54 Å². The number of benzene rings is 2. The van der Waals surface area contributed by atoms with Gasteiger partial charge in [0, 0.05) is 36.2 Å². The lowest BCUT2D eigenvalue weighted by Gasteiger charge is -2.28. The fourth-order valence-corrected chi connectivity index (χ4v) is 3.62. The van der Waals surface area contributed by atoms with Crippen LogP contribution in [-0.2, 0) is 11.3 Å². The zero-order valence-electron chi connectivity index (χ0n) is 17.1. The zero-order valence-corrected chi connectivity index (χ0v) is 17.1. The molecule has 1 aliphatic heterocycles. The molecule has 8 nitrogen and oxygen atoms in total. The van der Waals surface area contributed by atoms with E-state index >= 15 is 0 Å². The summed E-state index contributed by atoms with van der Waals surface area (Å²) in [5, 5.41) is 7.48. The summed E-state index contributed by atoms with van der Waals surface area (Å²) in [6, 6.07) is 18.5. The minimum absolute atomic E-state index is 0.568. The Hall–Kier alpha value is -3.78. The second-order valence-corrected chi connectivity index (χ2v) is 7.33. The van der Waals surface area contributed by atoms with Crippen LogP contribution in [0, 0.1) is 0 Å². The molecule has 0 amide bonds. The van der Waals surface area contributed by atoms with Gasteiger partial charge in [0.05, 0.1) is 25.5 Å². The quantitative estimate of drug-likeness (QED) is 0.519. The normalized spacial score (nSPS) is 13.9. The van der Waals surface area contributed by atoms with E-state index in [9.17, 15) is 0 Å². The molecule has 3 heterocycles. The van der Waals surface area contributed by atoms with Gasteiger partial charge >= 0.3 is 0 Å². The first-order valence-corrected chi connectivity index (χ1v) is 10.3. The maximum atomic E-state index is 5.43. The molecule has 0 atom stereocenters. The van der Waals surface area contributed by atoms with Crippen molar-refractivity contribution in [2.75, 3.05) is 36.5 Å². The van der Waals surface area contributed by atoms with Crippen LogP contribution in [0.15, 0.2) is 73.4 Å². The molecule has 4 aromatic rings. The van der Waals surface area contributed by atoms with Crippen LogP contribution >= 0.6 is 0 Å². The third-order valence-electron chi connectivity index (χ3n) is 5.19. The van der Waals surface area contributed by atoms with E-state index in [1.807, 2.05) is 18.2 Å². The summed E-state index contributed by atoms with van der Waals surface area (Å²) in [6.07, 6.45) is 5.03. The first-order chi connectivity index (χ1) is 15.3. The van der Waals surface area contributed by atoms with E-state index in [0.29, 0.717) is 12.5 Å². The fraction of sp³-hybridized carbons (Fsp3) is 0.217. The van der Waals surface area contributed by atoms with E-state index in [2.05, 4.69) is 61.7 Å². The molecule has 8 heteroatoms. The summed E-state index contributed by atoms with van der Waals surface area (Å²) < 4.78 is 7.23. The van der Waals surface area contributed by atoms with Gasteiger partial charge in [-0.15, -0.1) is 0 Å². The predicted molar refractivity (Wildman–Crippen MR) is 119 cm³/mol. The van der Waals surface area contributed by atoms with Crippen molar-refractivity contribution >= 4 is 17.3 Å². The molecule has 1 fully saturated rings. The molecule has 31 heavy (non-hydrogen) atoms. The number of ether oxygens (including phenoxy) is 1. The molecule has 1 saturated heterocycles. The summed E-state index contributed by atoms with van der Waals surface area (Å²) in [5.74, 6) is 0.568. The van der Waals surface area contributed by atoms with Crippen LogP contribution in [0.4, 0.5) is 17.3 Å². The standard InChI is InChI=1S/C23H23N7O/c1-2-18(15-30-17-24-16-26-30)14-19(3-1)22-8-9-25-23(28-22)27-20-4-6-21(7-5-20)29-10-12-31-13-11-29/h1-9,14,16-17H,10-13,15H2,(H,25,27,28). The van der Waals surface area contributed by atoms with Crippen molar-refractivity contribution in [3.63, 3.8) is 0 Å². The highest BCUT2D eigenvalue weighted by molar-refractivity contribution is 5.64. The lowest BCUT2D eigenvalue weighted by atomic mass is 10.1. The maximum absolute atomic E-state index is 5.43. The highest BCUT2D eigenvalue weighted by atomic mass is 16.5. The first-order valence-electron chi connectivity index (χ1n) is 10.3. The number of anilines is 3. The smallest absolute Gasteiger partial charge is 0.227 e. The van der Waals surface area contributed by atoms with Gasteiger partial charge in [0.25, 0.3) is 0 Å². The zero-order chi connectivity index (χ0) is 20.9. The second kappa shape index (κ2) is 8.93. The van der Waals surface area contributed by atoms with Gasteiger partial charge in [0.15, 0.2) is 0 Å². The molecular weight excluding hydrogens is 390 g/mol. The predicted octanol–water partition coefficient (Wildman–Crippen LogP) is 3.36. The molecule has 0 bridgehead atoms. The number of rotatable bonds is 6. The molecule has 2 aromatic heterocycles. The molecule has 0 unspecified atom stereocenters. The Morgan fingerprint density at radius 1 is 1.00 bits per heavy atom. The van der Waals surface area contributed by atoms with Crippen LogP contribution in [-0.4, -0.2) is 51.0 Å². The number of nitrogens with zero attached hydrogens (tertiary/aromatic N) is 6. The number of nitrogens with one attached hydrogen (secondary N) is 1. The van der Waals surface area contributed by atoms with Crippen LogP contribution in [0.5, 0.6) is 0 Å². The monoisotopic (exact) mass is 413 g/mol. The largest absolute Gasteiger partial charge is 0.378 e. The average molecular weight is 413 g/mol. The summed E-state index contributed by atoms with van der Waals surface area (Å²) in [6.45, 7) is 4.07. The first kappa shape index (κ1) is 19.2. The van der Waals surface area contributed by atoms with Crippen molar-refractivity contribution in [3.8, 4) is 11.3 Å². The lowest BCUT2D eigenvalue weighted by molar-refractivity contribution is 0.122. The highest BCUT2D eigenvalue weighted by Crippen LogP contribution is 2.23. The van der Waals surface area contributed by atoms with Crippen LogP contribution in [0.25, 0.3) is 11.3 Å². The third-order valence-corrected chi connectivity index (χ3v) is 5.19. The topological polar surface area (TPSA) is 81.0 Å². The highest BCUT2D eigenvalue weighted by Gasteiger charge is 2.11. The number of hydrogen-bond acceptors (Lipinski definition) is 7. The van der Waals surface area contributed by atoms with Crippen molar-refractivity contribution < 1.29 is 4.74 Å². The van der Waals surface area contributed by atoms with Crippen molar-refractivity contribution in [1.29, 1.82) is 0 Å². The molecule has 1 N–H and O–H groups in total. The number of aromatic nitrogens is 5. The Bertz CT molecular complexity index is 1120. The molecule has 0 spiro atoms. The number of morpholine rings is 1. The van der Waals surface area contributed by atoms with Gasteiger partial charge in [-0.25, -0.2) is 19.6 Å². The van der Waals surface area contributed by atoms with Gasteiger partial charge < -0.3 is 15.0 Å². The van der Waals surface area contributed by atoms with Gasteiger partial charge in [-0.2, -0.15) is 5.10 Å². The lowest BCUT2D eigenvalue weighted by Crippen LogP contribution is -2.36. The minimum Gasteiger partial charge on any atom is -0.378 e. The molecule has 0 aliphatic carbocycles. The van der Waals surface area contributed by atoms with Crippen LogP contribution in [0.1, 0.15) is 5.56 Å². The van der Waals surface area contributed by atoms with Crippen molar-refractivity contribution in [3.05, 3.63) is 79.0 Å². The van der Waals surface area contributed by atoms with Gasteiger partial charge in [0.2, 0.25) is 5.95 Å². The third kappa shape index (κ3) is 4.70. The van der Waals surface area contributed by atoms with E-state index in [0.717, 1.165) is 48.8 Å².